The lowest BCUT2D eigenvalue weighted by atomic mass is 10.0. The third-order valence-corrected chi connectivity index (χ3v) is 3.29. The van der Waals surface area contributed by atoms with Crippen LogP contribution in [-0.2, 0) is 7.05 Å². The lowest BCUT2D eigenvalue weighted by molar-refractivity contribution is 0.783. The molecule has 0 aliphatic carbocycles. The lowest BCUT2D eigenvalue weighted by Crippen LogP contribution is -1.91. The average Bonchev–Trinajstić information content (AvgIpc) is 2.85. The first-order valence-corrected chi connectivity index (χ1v) is 5.81. The highest BCUT2D eigenvalue weighted by Crippen LogP contribution is 2.27. The van der Waals surface area contributed by atoms with Gasteiger partial charge in [0.05, 0.1) is 11.2 Å². The van der Waals surface area contributed by atoms with Crippen molar-refractivity contribution in [3.8, 4) is 0 Å². The van der Waals surface area contributed by atoms with Gasteiger partial charge in [-0.05, 0) is 31.1 Å². The Morgan fingerprint density at radius 3 is 2.76 bits per heavy atom. The van der Waals surface area contributed by atoms with Crippen LogP contribution in [0.15, 0.2) is 29.4 Å². The molecule has 1 aromatic carbocycles. The van der Waals surface area contributed by atoms with Crippen molar-refractivity contribution < 1.29 is 0 Å². The number of benzene rings is 1. The number of allylic oxidation sites excluding steroid dienone is 1. The van der Waals surface area contributed by atoms with Crippen LogP contribution in [0.4, 0.5) is 0 Å². The lowest BCUT2D eigenvalue weighted by Gasteiger charge is -2.03. The highest BCUT2D eigenvalue weighted by Gasteiger charge is 2.11. The van der Waals surface area contributed by atoms with Crippen LogP contribution in [0.1, 0.15) is 24.6 Å². The minimum absolute atomic E-state index is 0.961. The van der Waals surface area contributed by atoms with Crippen molar-refractivity contribution in [1.29, 1.82) is 0 Å². The van der Waals surface area contributed by atoms with E-state index in [1.54, 1.807) is 0 Å². The van der Waals surface area contributed by atoms with Gasteiger partial charge in [0, 0.05) is 30.8 Å². The second kappa shape index (κ2) is 3.55. The number of aliphatic imine (C=N–C) groups is 1. The normalized spacial score (nSPS) is 15.2. The monoisotopic (exact) mass is 225 g/mol. The Hall–Kier alpha value is -1.90. The standard InChI is InChI=1S/C14H15N3/c1-9-6-12(8-15-9)11-4-5-13-10(2)16-17(3)14(13)7-11/h4-5,7-8H,6H2,1-3H3. The van der Waals surface area contributed by atoms with Crippen LogP contribution in [0, 0.1) is 6.92 Å². The van der Waals surface area contributed by atoms with Crippen LogP contribution < -0.4 is 0 Å². The molecule has 3 heteroatoms. The van der Waals surface area contributed by atoms with Crippen molar-refractivity contribution in [2.45, 2.75) is 20.3 Å². The number of hydrogen-bond donors (Lipinski definition) is 0. The molecule has 0 saturated heterocycles. The summed E-state index contributed by atoms with van der Waals surface area (Å²) >= 11 is 0. The molecule has 86 valence electrons. The Kier molecular flexibility index (Phi) is 2.15. The van der Waals surface area contributed by atoms with Crippen LogP contribution in [0.3, 0.4) is 0 Å². The summed E-state index contributed by atoms with van der Waals surface area (Å²) in [6.07, 6.45) is 2.93. The molecule has 3 nitrogen and oxygen atoms in total. The van der Waals surface area contributed by atoms with Gasteiger partial charge in [-0.3, -0.25) is 9.67 Å². The van der Waals surface area contributed by atoms with E-state index in [-0.39, 0.29) is 0 Å². The predicted molar refractivity (Wildman–Crippen MR) is 71.2 cm³/mol. The first kappa shape index (κ1) is 10.3. The van der Waals surface area contributed by atoms with Gasteiger partial charge in [0.2, 0.25) is 0 Å². The quantitative estimate of drug-likeness (QED) is 0.733. The first-order valence-electron chi connectivity index (χ1n) is 5.81. The summed E-state index contributed by atoms with van der Waals surface area (Å²) in [5.74, 6) is 0. The highest BCUT2D eigenvalue weighted by atomic mass is 15.3. The van der Waals surface area contributed by atoms with Gasteiger partial charge in [-0.15, -0.1) is 0 Å². The van der Waals surface area contributed by atoms with Crippen molar-refractivity contribution in [1.82, 2.24) is 9.78 Å². The molecule has 1 aliphatic rings. The second-order valence-electron chi connectivity index (χ2n) is 4.64. The molecule has 0 bridgehead atoms. The summed E-state index contributed by atoms with van der Waals surface area (Å²) in [7, 11) is 1.99. The summed E-state index contributed by atoms with van der Waals surface area (Å²) in [5.41, 5.74) is 6.00. The molecule has 0 spiro atoms. The fourth-order valence-electron chi connectivity index (χ4n) is 2.37. The van der Waals surface area contributed by atoms with Crippen molar-refractivity contribution in [2.24, 2.45) is 12.0 Å². The van der Waals surface area contributed by atoms with E-state index in [0.717, 1.165) is 12.1 Å². The molecule has 1 aliphatic heterocycles. The van der Waals surface area contributed by atoms with Crippen LogP contribution >= 0.6 is 0 Å². The molecule has 3 rings (SSSR count). The van der Waals surface area contributed by atoms with E-state index >= 15 is 0 Å². The minimum Gasteiger partial charge on any atom is -0.268 e. The Bertz CT molecular complexity index is 659. The van der Waals surface area contributed by atoms with Gasteiger partial charge in [0.15, 0.2) is 0 Å². The molecular weight excluding hydrogens is 210 g/mol. The fourth-order valence-corrected chi connectivity index (χ4v) is 2.37. The topological polar surface area (TPSA) is 30.2 Å². The molecule has 0 unspecified atom stereocenters. The van der Waals surface area contributed by atoms with Crippen LogP contribution in [0.2, 0.25) is 0 Å². The summed E-state index contributed by atoms with van der Waals surface area (Å²) in [6, 6.07) is 6.52. The zero-order valence-corrected chi connectivity index (χ0v) is 10.4. The molecule has 0 amide bonds. The van der Waals surface area contributed by atoms with Gasteiger partial charge in [-0.2, -0.15) is 5.10 Å². The van der Waals surface area contributed by atoms with E-state index in [2.05, 4.69) is 35.2 Å². The average molecular weight is 225 g/mol. The molecule has 0 N–H and O–H groups in total. The first-order chi connectivity index (χ1) is 8.15. The van der Waals surface area contributed by atoms with Gasteiger partial charge >= 0.3 is 0 Å². The summed E-state index contributed by atoms with van der Waals surface area (Å²) < 4.78 is 1.94. The Balaban J connectivity index is 2.11. The number of fused-ring (bicyclic) bond motifs is 1. The maximum absolute atomic E-state index is 4.44. The molecule has 2 aromatic rings. The summed E-state index contributed by atoms with van der Waals surface area (Å²) in [6.45, 7) is 4.11. The van der Waals surface area contributed by atoms with E-state index in [0.29, 0.717) is 0 Å². The predicted octanol–water partition coefficient (Wildman–Crippen LogP) is 3.09. The molecule has 0 atom stereocenters. The molecule has 1 aromatic heterocycles. The van der Waals surface area contributed by atoms with Gasteiger partial charge in [0.25, 0.3) is 0 Å². The van der Waals surface area contributed by atoms with E-state index < -0.39 is 0 Å². The third kappa shape index (κ3) is 1.58. The van der Waals surface area contributed by atoms with E-state index in [4.69, 9.17) is 0 Å². The largest absolute Gasteiger partial charge is 0.268 e. The van der Waals surface area contributed by atoms with Crippen molar-refractivity contribution in [2.75, 3.05) is 0 Å². The van der Waals surface area contributed by atoms with E-state index in [1.165, 1.54) is 27.8 Å². The molecule has 17 heavy (non-hydrogen) atoms. The van der Waals surface area contributed by atoms with E-state index in [9.17, 15) is 0 Å². The maximum atomic E-state index is 4.44. The van der Waals surface area contributed by atoms with E-state index in [1.807, 2.05) is 24.9 Å². The third-order valence-electron chi connectivity index (χ3n) is 3.29. The highest BCUT2D eigenvalue weighted by molar-refractivity contribution is 5.98. The van der Waals surface area contributed by atoms with Gasteiger partial charge in [-0.1, -0.05) is 12.1 Å². The summed E-state index contributed by atoms with van der Waals surface area (Å²) in [5, 5.41) is 5.67. The molecule has 2 heterocycles. The van der Waals surface area contributed by atoms with Crippen molar-refractivity contribution in [3.63, 3.8) is 0 Å². The second-order valence-corrected chi connectivity index (χ2v) is 4.64. The van der Waals surface area contributed by atoms with Crippen molar-refractivity contribution in [3.05, 3.63) is 35.7 Å². The van der Waals surface area contributed by atoms with Crippen LogP contribution in [0.5, 0.6) is 0 Å². The van der Waals surface area contributed by atoms with Crippen LogP contribution in [-0.4, -0.2) is 15.5 Å². The number of aromatic nitrogens is 2. The molecule has 0 fully saturated rings. The smallest absolute Gasteiger partial charge is 0.0687 e. The Morgan fingerprint density at radius 1 is 1.24 bits per heavy atom. The number of hydrogen-bond acceptors (Lipinski definition) is 2. The van der Waals surface area contributed by atoms with Gasteiger partial charge in [-0.25, -0.2) is 0 Å². The number of nitrogens with zero attached hydrogens (tertiary/aromatic N) is 3. The van der Waals surface area contributed by atoms with Crippen LogP contribution in [0.25, 0.3) is 16.5 Å². The maximum Gasteiger partial charge on any atom is 0.0687 e. The molecular formula is C14H15N3. The fraction of sp³-hybridized carbons (Fsp3) is 0.286. The Morgan fingerprint density at radius 2 is 2.06 bits per heavy atom. The van der Waals surface area contributed by atoms with Gasteiger partial charge in [0.1, 0.15) is 0 Å². The zero-order valence-electron chi connectivity index (χ0n) is 10.4. The molecule has 0 radical (unpaired) electrons. The molecule has 0 saturated carbocycles. The minimum atomic E-state index is 0.961. The SMILES string of the molecule is CC1=NC=C(c2ccc3c(C)nn(C)c3c2)C1. The number of aryl methyl sites for hydroxylation is 2. The Labute approximate surface area is 100 Å². The summed E-state index contributed by atoms with van der Waals surface area (Å²) in [4.78, 5) is 4.33. The van der Waals surface area contributed by atoms with Crippen molar-refractivity contribution >= 4 is 22.2 Å². The zero-order chi connectivity index (χ0) is 12.0. The number of rotatable bonds is 1. The van der Waals surface area contributed by atoms with Gasteiger partial charge < -0.3 is 0 Å².